The van der Waals surface area contributed by atoms with Gasteiger partial charge in [-0.15, -0.1) is 0 Å². The fourth-order valence-corrected chi connectivity index (χ4v) is 2.30. The molecule has 0 aliphatic rings. The van der Waals surface area contributed by atoms with Crippen molar-refractivity contribution in [2.75, 3.05) is 20.1 Å². The Balaban J connectivity index is 2.66. The second-order valence-electron chi connectivity index (χ2n) is 5.55. The van der Waals surface area contributed by atoms with Crippen molar-refractivity contribution in [1.29, 1.82) is 0 Å². The third-order valence-corrected chi connectivity index (χ3v) is 2.79. The van der Waals surface area contributed by atoms with E-state index in [2.05, 4.69) is 57.8 Å². The average Bonchev–Trinajstić information content (AvgIpc) is 2.14. The molecule has 96 valence electrons. The zero-order valence-electron chi connectivity index (χ0n) is 11.7. The van der Waals surface area contributed by atoms with E-state index in [4.69, 9.17) is 0 Å². The fourth-order valence-electron chi connectivity index (χ4n) is 2.30. The average molecular weight is 235 g/mol. The van der Waals surface area contributed by atoms with Crippen molar-refractivity contribution < 1.29 is 5.11 Å². The van der Waals surface area contributed by atoms with Crippen LogP contribution in [0.5, 0.6) is 0 Å². The number of aliphatic hydroxyl groups is 1. The zero-order chi connectivity index (χ0) is 13.0. The van der Waals surface area contributed by atoms with Gasteiger partial charge >= 0.3 is 0 Å². The third kappa shape index (κ3) is 4.88. The van der Waals surface area contributed by atoms with Gasteiger partial charge in [-0.05, 0) is 32.4 Å². The van der Waals surface area contributed by atoms with Crippen LogP contribution in [0.2, 0.25) is 0 Å². The summed E-state index contributed by atoms with van der Waals surface area (Å²) >= 11 is 0. The molecule has 0 saturated heterocycles. The van der Waals surface area contributed by atoms with Gasteiger partial charge in [-0.2, -0.15) is 0 Å². The molecule has 0 fully saturated rings. The number of benzene rings is 1. The van der Waals surface area contributed by atoms with E-state index >= 15 is 0 Å². The largest absolute Gasteiger partial charge is 0.387 e. The number of hydrogen-bond donors (Lipinski definition) is 1. The van der Waals surface area contributed by atoms with E-state index in [0.29, 0.717) is 12.5 Å². The van der Waals surface area contributed by atoms with Crippen molar-refractivity contribution in [1.82, 2.24) is 4.90 Å². The Bertz CT molecular complexity index is 340. The first-order valence-electron chi connectivity index (χ1n) is 6.33. The summed E-state index contributed by atoms with van der Waals surface area (Å²) in [6.45, 7) is 10.2. The summed E-state index contributed by atoms with van der Waals surface area (Å²) in [5.41, 5.74) is 3.45. The molecule has 1 N–H and O–H groups in total. The van der Waals surface area contributed by atoms with E-state index in [1.54, 1.807) is 0 Å². The van der Waals surface area contributed by atoms with E-state index in [1.165, 1.54) is 11.1 Å². The molecule has 2 nitrogen and oxygen atoms in total. The zero-order valence-corrected chi connectivity index (χ0v) is 11.7. The first-order chi connectivity index (χ1) is 7.88. The quantitative estimate of drug-likeness (QED) is 0.848. The van der Waals surface area contributed by atoms with Crippen LogP contribution in [0, 0.1) is 19.8 Å². The molecular weight excluding hydrogens is 210 g/mol. The van der Waals surface area contributed by atoms with E-state index in [1.807, 2.05) is 0 Å². The maximum atomic E-state index is 10.2. The normalized spacial score (nSPS) is 13.4. The summed E-state index contributed by atoms with van der Waals surface area (Å²) in [5, 5.41) is 10.2. The van der Waals surface area contributed by atoms with Gasteiger partial charge in [-0.3, -0.25) is 0 Å². The standard InChI is InChI=1S/C15H25NO/c1-11(2)9-16(5)10-15(17)14-7-12(3)6-13(4)8-14/h6-8,11,15,17H,9-10H2,1-5H3. The molecule has 1 aromatic rings. The monoisotopic (exact) mass is 235 g/mol. The number of rotatable bonds is 5. The highest BCUT2D eigenvalue weighted by molar-refractivity contribution is 5.30. The Hall–Kier alpha value is -0.860. The van der Waals surface area contributed by atoms with Gasteiger partial charge in [0.2, 0.25) is 0 Å². The molecule has 1 aromatic carbocycles. The molecule has 2 heteroatoms. The Morgan fingerprint density at radius 2 is 1.59 bits per heavy atom. The Kier molecular flexibility index (Phi) is 5.16. The second-order valence-corrected chi connectivity index (χ2v) is 5.55. The lowest BCUT2D eigenvalue weighted by Gasteiger charge is -2.22. The van der Waals surface area contributed by atoms with Crippen LogP contribution in [0.15, 0.2) is 18.2 Å². The highest BCUT2D eigenvalue weighted by atomic mass is 16.3. The molecule has 0 amide bonds. The van der Waals surface area contributed by atoms with Gasteiger partial charge in [0, 0.05) is 13.1 Å². The van der Waals surface area contributed by atoms with Gasteiger partial charge in [-0.25, -0.2) is 0 Å². The highest BCUT2D eigenvalue weighted by Crippen LogP contribution is 2.18. The van der Waals surface area contributed by atoms with Crippen LogP contribution < -0.4 is 0 Å². The molecular formula is C15H25NO. The maximum absolute atomic E-state index is 10.2. The van der Waals surface area contributed by atoms with Crippen LogP contribution in [-0.4, -0.2) is 30.1 Å². The third-order valence-electron chi connectivity index (χ3n) is 2.79. The van der Waals surface area contributed by atoms with Gasteiger partial charge in [-0.1, -0.05) is 43.2 Å². The summed E-state index contributed by atoms with van der Waals surface area (Å²) in [6, 6.07) is 6.27. The van der Waals surface area contributed by atoms with Crippen LogP contribution in [0.4, 0.5) is 0 Å². The lowest BCUT2D eigenvalue weighted by atomic mass is 10.0. The maximum Gasteiger partial charge on any atom is 0.0916 e. The number of likely N-dealkylation sites (N-methyl/N-ethyl adjacent to an activating group) is 1. The van der Waals surface area contributed by atoms with Gasteiger partial charge in [0.15, 0.2) is 0 Å². The number of nitrogens with zero attached hydrogens (tertiary/aromatic N) is 1. The number of aryl methyl sites for hydroxylation is 2. The van der Waals surface area contributed by atoms with E-state index in [9.17, 15) is 5.11 Å². The van der Waals surface area contributed by atoms with Gasteiger partial charge in [0.25, 0.3) is 0 Å². The number of aliphatic hydroxyl groups excluding tert-OH is 1. The van der Waals surface area contributed by atoms with Crippen molar-refractivity contribution in [2.24, 2.45) is 5.92 Å². The predicted molar refractivity (Wildman–Crippen MR) is 73.2 cm³/mol. The van der Waals surface area contributed by atoms with E-state index in [-0.39, 0.29) is 0 Å². The van der Waals surface area contributed by atoms with Gasteiger partial charge in [0.1, 0.15) is 0 Å². The Morgan fingerprint density at radius 3 is 2.06 bits per heavy atom. The van der Waals surface area contributed by atoms with Crippen LogP contribution in [-0.2, 0) is 0 Å². The molecule has 1 rings (SSSR count). The first kappa shape index (κ1) is 14.2. The van der Waals surface area contributed by atoms with Crippen molar-refractivity contribution >= 4 is 0 Å². The molecule has 1 unspecified atom stereocenters. The summed E-state index contributed by atoms with van der Waals surface area (Å²) in [7, 11) is 2.06. The molecule has 1 atom stereocenters. The lowest BCUT2D eigenvalue weighted by Crippen LogP contribution is -2.28. The SMILES string of the molecule is Cc1cc(C)cc(C(O)CN(C)CC(C)C)c1. The molecule has 0 radical (unpaired) electrons. The summed E-state index contributed by atoms with van der Waals surface area (Å²) in [6.07, 6.45) is -0.391. The van der Waals surface area contributed by atoms with Crippen molar-refractivity contribution in [3.63, 3.8) is 0 Å². The van der Waals surface area contributed by atoms with Crippen molar-refractivity contribution in [3.8, 4) is 0 Å². The predicted octanol–water partition coefficient (Wildman–Crippen LogP) is 2.92. The summed E-state index contributed by atoms with van der Waals surface area (Å²) < 4.78 is 0. The van der Waals surface area contributed by atoms with Crippen LogP contribution in [0.3, 0.4) is 0 Å². The molecule has 0 aromatic heterocycles. The number of hydrogen-bond acceptors (Lipinski definition) is 2. The first-order valence-corrected chi connectivity index (χ1v) is 6.33. The second kappa shape index (κ2) is 6.18. The molecule has 0 spiro atoms. The molecule has 17 heavy (non-hydrogen) atoms. The summed E-state index contributed by atoms with van der Waals surface area (Å²) in [5.74, 6) is 0.631. The van der Waals surface area contributed by atoms with E-state index < -0.39 is 6.10 Å². The van der Waals surface area contributed by atoms with Crippen LogP contribution >= 0.6 is 0 Å². The molecule has 0 aliphatic heterocycles. The minimum absolute atomic E-state index is 0.391. The highest BCUT2D eigenvalue weighted by Gasteiger charge is 2.12. The fraction of sp³-hybridized carbons (Fsp3) is 0.600. The minimum atomic E-state index is -0.391. The minimum Gasteiger partial charge on any atom is -0.387 e. The van der Waals surface area contributed by atoms with Crippen molar-refractivity contribution in [3.05, 3.63) is 34.9 Å². The molecule has 0 heterocycles. The molecule has 0 saturated carbocycles. The summed E-state index contributed by atoms with van der Waals surface area (Å²) in [4.78, 5) is 2.19. The van der Waals surface area contributed by atoms with Gasteiger partial charge in [0.05, 0.1) is 6.10 Å². The lowest BCUT2D eigenvalue weighted by molar-refractivity contribution is 0.121. The molecule has 0 bridgehead atoms. The van der Waals surface area contributed by atoms with Crippen LogP contribution in [0.25, 0.3) is 0 Å². The van der Waals surface area contributed by atoms with Crippen LogP contribution in [0.1, 0.15) is 36.6 Å². The molecule has 0 aliphatic carbocycles. The van der Waals surface area contributed by atoms with Gasteiger partial charge < -0.3 is 10.0 Å². The Morgan fingerprint density at radius 1 is 1.06 bits per heavy atom. The van der Waals surface area contributed by atoms with E-state index in [0.717, 1.165) is 12.1 Å². The Labute approximate surface area is 105 Å². The van der Waals surface area contributed by atoms with Crippen molar-refractivity contribution in [2.45, 2.75) is 33.8 Å². The topological polar surface area (TPSA) is 23.5 Å². The smallest absolute Gasteiger partial charge is 0.0916 e.